The van der Waals surface area contributed by atoms with Crippen LogP contribution in [0.1, 0.15) is 5.56 Å². The molecule has 16 heavy (non-hydrogen) atoms. The van der Waals surface area contributed by atoms with Crippen LogP contribution in [0.3, 0.4) is 0 Å². The smallest absolute Gasteiger partial charge is 0.872 e. The van der Waals surface area contributed by atoms with Crippen molar-refractivity contribution in [3.05, 3.63) is 60.2 Å². The third kappa shape index (κ3) is 4.27. The molecule has 0 aliphatic carbocycles. The van der Waals surface area contributed by atoms with Gasteiger partial charge >= 0.3 is 51.4 Å². The summed E-state index contributed by atoms with van der Waals surface area (Å²) in [5, 5.41) is 10.8. The molecule has 0 aliphatic rings. The van der Waals surface area contributed by atoms with Gasteiger partial charge < -0.3 is 9.84 Å². The van der Waals surface area contributed by atoms with E-state index in [1.807, 2.05) is 30.3 Å². The van der Waals surface area contributed by atoms with Crippen molar-refractivity contribution in [2.75, 3.05) is 0 Å². The molecule has 0 aromatic heterocycles. The van der Waals surface area contributed by atoms with Gasteiger partial charge in [0.1, 0.15) is 12.4 Å². The second kappa shape index (κ2) is 7.09. The monoisotopic (exact) mass is 238 g/mol. The van der Waals surface area contributed by atoms with Crippen molar-refractivity contribution >= 4 is 0 Å². The first-order valence-corrected chi connectivity index (χ1v) is 4.78. The van der Waals surface area contributed by atoms with Gasteiger partial charge in [-0.3, -0.25) is 0 Å². The first kappa shape index (κ1) is 13.7. The second-order valence-corrected chi connectivity index (χ2v) is 3.25. The minimum atomic E-state index is 0. The third-order valence-corrected chi connectivity index (χ3v) is 2.07. The molecular weight excluding hydrogens is 227 g/mol. The molecule has 0 unspecified atom stereocenters. The van der Waals surface area contributed by atoms with E-state index in [0.717, 1.165) is 11.3 Å². The average molecular weight is 238 g/mol. The predicted molar refractivity (Wildman–Crippen MR) is 56.7 cm³/mol. The van der Waals surface area contributed by atoms with E-state index in [1.165, 1.54) is 12.1 Å². The Balaban J connectivity index is 0.00000128. The Morgan fingerprint density at radius 1 is 0.875 bits per heavy atom. The first-order chi connectivity index (χ1) is 7.34. The molecule has 0 N–H and O–H groups in total. The molecule has 0 amide bonds. The van der Waals surface area contributed by atoms with Crippen molar-refractivity contribution in [1.29, 1.82) is 0 Å². The van der Waals surface area contributed by atoms with Crippen LogP contribution in [0.25, 0.3) is 0 Å². The normalized spacial score (nSPS) is 9.25. The van der Waals surface area contributed by atoms with E-state index in [0.29, 0.717) is 6.61 Å². The Labute approximate surface area is 138 Å². The predicted octanol–water partition coefficient (Wildman–Crippen LogP) is -0.657. The van der Waals surface area contributed by atoms with Crippen LogP contribution < -0.4 is 61.2 Å². The Bertz CT molecular complexity index is 412. The number of rotatable bonds is 3. The Morgan fingerprint density at radius 3 is 2.12 bits per heavy atom. The van der Waals surface area contributed by atoms with Crippen molar-refractivity contribution in [2.45, 2.75) is 6.61 Å². The van der Waals surface area contributed by atoms with Crippen LogP contribution in [0.15, 0.2) is 54.6 Å². The molecule has 76 valence electrons. The molecule has 0 spiro atoms. The summed E-state index contributed by atoms with van der Waals surface area (Å²) >= 11 is 0. The standard InChI is InChI=1S/C13H12O2.K/c14-12-6-8-13(9-7-12)15-10-11-4-2-1-3-5-11;/h1-9,14H,10H2;/q;+1/p-1. The van der Waals surface area contributed by atoms with Crippen LogP contribution in [0.2, 0.25) is 0 Å². The summed E-state index contributed by atoms with van der Waals surface area (Å²) in [7, 11) is 0. The molecule has 0 atom stereocenters. The molecule has 0 fully saturated rings. The van der Waals surface area contributed by atoms with Crippen molar-refractivity contribution in [1.82, 2.24) is 0 Å². The number of hydrogen-bond donors (Lipinski definition) is 0. The maximum atomic E-state index is 10.8. The van der Waals surface area contributed by atoms with E-state index >= 15 is 0 Å². The number of ether oxygens (including phenoxy) is 1. The van der Waals surface area contributed by atoms with Crippen molar-refractivity contribution in [3.8, 4) is 11.5 Å². The molecule has 0 saturated carbocycles. The molecule has 2 rings (SSSR count). The molecule has 3 heteroatoms. The molecule has 2 nitrogen and oxygen atoms in total. The zero-order valence-electron chi connectivity index (χ0n) is 9.22. The summed E-state index contributed by atoms with van der Waals surface area (Å²) in [6, 6.07) is 16.3. The molecule has 0 saturated heterocycles. The fourth-order valence-electron chi connectivity index (χ4n) is 1.28. The van der Waals surface area contributed by atoms with Gasteiger partial charge in [0.15, 0.2) is 0 Å². The van der Waals surface area contributed by atoms with Gasteiger partial charge in [-0.2, -0.15) is 0 Å². The van der Waals surface area contributed by atoms with E-state index in [2.05, 4.69) is 0 Å². The van der Waals surface area contributed by atoms with Crippen molar-refractivity contribution < 1.29 is 61.2 Å². The Kier molecular flexibility index (Phi) is 6.09. The fourth-order valence-corrected chi connectivity index (χ4v) is 1.28. The summed E-state index contributed by atoms with van der Waals surface area (Å²) in [5.41, 5.74) is 1.11. The Hall–Kier alpha value is -0.324. The van der Waals surface area contributed by atoms with E-state index in [1.54, 1.807) is 12.1 Å². The van der Waals surface area contributed by atoms with Crippen LogP contribution >= 0.6 is 0 Å². The quantitative estimate of drug-likeness (QED) is 0.665. The van der Waals surface area contributed by atoms with Crippen LogP contribution in [0, 0.1) is 0 Å². The van der Waals surface area contributed by atoms with Crippen LogP contribution in [-0.2, 0) is 6.61 Å². The molecule has 0 radical (unpaired) electrons. The topological polar surface area (TPSA) is 32.3 Å². The summed E-state index contributed by atoms with van der Waals surface area (Å²) in [6.07, 6.45) is 0. The van der Waals surface area contributed by atoms with Gasteiger partial charge in [-0.15, -0.1) is 5.75 Å². The van der Waals surface area contributed by atoms with Gasteiger partial charge in [0.25, 0.3) is 0 Å². The number of hydrogen-bond acceptors (Lipinski definition) is 2. The summed E-state index contributed by atoms with van der Waals surface area (Å²) < 4.78 is 5.51. The van der Waals surface area contributed by atoms with Gasteiger partial charge in [-0.25, -0.2) is 0 Å². The number of benzene rings is 2. The molecule has 0 aliphatic heterocycles. The maximum Gasteiger partial charge on any atom is 1.00 e. The van der Waals surface area contributed by atoms with Gasteiger partial charge in [-0.1, -0.05) is 42.5 Å². The minimum Gasteiger partial charge on any atom is -0.872 e. The maximum absolute atomic E-state index is 10.8. The molecule has 0 heterocycles. The second-order valence-electron chi connectivity index (χ2n) is 3.25. The van der Waals surface area contributed by atoms with Gasteiger partial charge in [0.2, 0.25) is 0 Å². The molecule has 2 aromatic carbocycles. The summed E-state index contributed by atoms with van der Waals surface area (Å²) in [6.45, 7) is 0.527. The molecule has 0 bridgehead atoms. The van der Waals surface area contributed by atoms with Crippen molar-refractivity contribution in [2.24, 2.45) is 0 Å². The van der Waals surface area contributed by atoms with Gasteiger partial charge in [-0.05, 0) is 17.7 Å². The van der Waals surface area contributed by atoms with Crippen LogP contribution in [0.5, 0.6) is 11.5 Å². The third-order valence-electron chi connectivity index (χ3n) is 2.07. The summed E-state index contributed by atoms with van der Waals surface area (Å²) in [4.78, 5) is 0. The van der Waals surface area contributed by atoms with Crippen LogP contribution in [-0.4, -0.2) is 0 Å². The SMILES string of the molecule is [K+].[O-]c1ccc(OCc2ccccc2)cc1. The first-order valence-electron chi connectivity index (χ1n) is 4.78. The molecule has 2 aromatic rings. The van der Waals surface area contributed by atoms with Crippen molar-refractivity contribution in [3.63, 3.8) is 0 Å². The van der Waals surface area contributed by atoms with Gasteiger partial charge in [0, 0.05) is 0 Å². The van der Waals surface area contributed by atoms with Gasteiger partial charge in [0.05, 0.1) is 0 Å². The fraction of sp³-hybridized carbons (Fsp3) is 0.0769. The minimum absolute atomic E-state index is 0. The Morgan fingerprint density at radius 2 is 1.50 bits per heavy atom. The molecular formula is C13H11KO2. The average Bonchev–Trinajstić information content (AvgIpc) is 2.30. The van der Waals surface area contributed by atoms with E-state index in [4.69, 9.17) is 4.74 Å². The van der Waals surface area contributed by atoms with E-state index < -0.39 is 0 Å². The van der Waals surface area contributed by atoms with E-state index in [9.17, 15) is 5.11 Å². The zero-order valence-corrected chi connectivity index (χ0v) is 12.3. The largest absolute Gasteiger partial charge is 1.00 e. The summed E-state index contributed by atoms with van der Waals surface area (Å²) in [5.74, 6) is 0.723. The van der Waals surface area contributed by atoms with E-state index in [-0.39, 0.29) is 57.1 Å². The van der Waals surface area contributed by atoms with Crippen LogP contribution in [0.4, 0.5) is 0 Å². The zero-order chi connectivity index (χ0) is 10.5.